The van der Waals surface area contributed by atoms with Gasteiger partial charge < -0.3 is 14.4 Å². The minimum atomic E-state index is -0.450. The van der Waals surface area contributed by atoms with Gasteiger partial charge in [0, 0.05) is 11.0 Å². The SMILES string of the molecule is CCN(CC(=O)OC)C(=O)c1cc(OC)ccc1Br. The Morgan fingerprint density at radius 2 is 2.00 bits per heavy atom. The summed E-state index contributed by atoms with van der Waals surface area (Å²) >= 11 is 3.32. The first-order valence-electron chi connectivity index (χ1n) is 5.73. The summed E-state index contributed by atoms with van der Waals surface area (Å²) in [7, 11) is 2.83. The summed E-state index contributed by atoms with van der Waals surface area (Å²) < 4.78 is 10.3. The van der Waals surface area contributed by atoms with Gasteiger partial charge in [-0.3, -0.25) is 9.59 Å². The average Bonchev–Trinajstić information content (AvgIpc) is 2.44. The maximum absolute atomic E-state index is 12.3. The molecule has 0 atom stereocenters. The first-order chi connectivity index (χ1) is 9.03. The summed E-state index contributed by atoms with van der Waals surface area (Å²) in [4.78, 5) is 25.0. The van der Waals surface area contributed by atoms with Gasteiger partial charge in [0.2, 0.25) is 0 Å². The number of esters is 1. The molecule has 5 nitrogen and oxygen atoms in total. The highest BCUT2D eigenvalue weighted by Crippen LogP contribution is 2.23. The predicted molar refractivity (Wildman–Crippen MR) is 74.3 cm³/mol. The first-order valence-corrected chi connectivity index (χ1v) is 6.52. The second-order valence-electron chi connectivity index (χ2n) is 3.74. The molecule has 0 saturated heterocycles. The van der Waals surface area contributed by atoms with Crippen LogP contribution in [0.3, 0.4) is 0 Å². The molecule has 0 unspecified atom stereocenters. The van der Waals surface area contributed by atoms with Crippen LogP contribution >= 0.6 is 15.9 Å². The van der Waals surface area contributed by atoms with Gasteiger partial charge in [-0.05, 0) is 41.1 Å². The Hall–Kier alpha value is -1.56. The van der Waals surface area contributed by atoms with E-state index in [1.165, 1.54) is 19.1 Å². The third kappa shape index (κ3) is 3.96. The fourth-order valence-electron chi connectivity index (χ4n) is 1.51. The van der Waals surface area contributed by atoms with E-state index in [0.29, 0.717) is 22.3 Å². The highest BCUT2D eigenvalue weighted by atomic mass is 79.9. The number of carbonyl (C=O) groups excluding carboxylic acids is 2. The van der Waals surface area contributed by atoms with Crippen LogP contribution in [0.25, 0.3) is 0 Å². The standard InChI is InChI=1S/C13H16BrNO4/c1-4-15(8-12(16)19-3)13(17)10-7-9(18-2)5-6-11(10)14/h5-7H,4,8H2,1-3H3. The molecule has 0 radical (unpaired) electrons. The zero-order chi connectivity index (χ0) is 14.4. The third-order valence-electron chi connectivity index (χ3n) is 2.62. The van der Waals surface area contributed by atoms with Crippen LogP contribution < -0.4 is 4.74 Å². The van der Waals surface area contributed by atoms with Crippen LogP contribution in [-0.4, -0.2) is 44.1 Å². The van der Waals surface area contributed by atoms with Crippen molar-refractivity contribution in [3.63, 3.8) is 0 Å². The Balaban J connectivity index is 2.99. The van der Waals surface area contributed by atoms with Gasteiger partial charge in [0.1, 0.15) is 12.3 Å². The van der Waals surface area contributed by atoms with Gasteiger partial charge >= 0.3 is 5.97 Å². The number of amides is 1. The van der Waals surface area contributed by atoms with Gasteiger partial charge in [0.25, 0.3) is 5.91 Å². The number of hydrogen-bond donors (Lipinski definition) is 0. The highest BCUT2D eigenvalue weighted by Gasteiger charge is 2.20. The number of benzene rings is 1. The van der Waals surface area contributed by atoms with Gasteiger partial charge in [-0.1, -0.05) is 0 Å². The molecule has 6 heteroatoms. The van der Waals surface area contributed by atoms with E-state index in [-0.39, 0.29) is 12.5 Å². The highest BCUT2D eigenvalue weighted by molar-refractivity contribution is 9.10. The summed E-state index contributed by atoms with van der Waals surface area (Å²) in [5.74, 6) is -0.117. The van der Waals surface area contributed by atoms with Crippen molar-refractivity contribution in [2.24, 2.45) is 0 Å². The van der Waals surface area contributed by atoms with Gasteiger partial charge in [-0.2, -0.15) is 0 Å². The Bertz CT molecular complexity index is 476. The zero-order valence-corrected chi connectivity index (χ0v) is 12.7. The topological polar surface area (TPSA) is 55.8 Å². The van der Waals surface area contributed by atoms with Crippen molar-refractivity contribution in [2.75, 3.05) is 27.3 Å². The van der Waals surface area contributed by atoms with E-state index < -0.39 is 5.97 Å². The second-order valence-corrected chi connectivity index (χ2v) is 4.60. The van der Waals surface area contributed by atoms with Crippen LogP contribution in [-0.2, 0) is 9.53 Å². The summed E-state index contributed by atoms with van der Waals surface area (Å²) in [5, 5.41) is 0. The number of halogens is 1. The number of carbonyl (C=O) groups is 2. The van der Waals surface area contributed by atoms with E-state index in [0.717, 1.165) is 0 Å². The third-order valence-corrected chi connectivity index (χ3v) is 3.31. The van der Waals surface area contributed by atoms with E-state index >= 15 is 0 Å². The lowest BCUT2D eigenvalue weighted by molar-refractivity contribution is -0.141. The molecule has 1 amide bonds. The molecule has 0 spiro atoms. The quantitative estimate of drug-likeness (QED) is 0.776. The van der Waals surface area contributed by atoms with Crippen LogP contribution in [0.2, 0.25) is 0 Å². The molecule has 0 aliphatic rings. The molecule has 1 aromatic carbocycles. The molecule has 1 aromatic rings. The number of nitrogens with zero attached hydrogens (tertiary/aromatic N) is 1. The fourth-order valence-corrected chi connectivity index (χ4v) is 1.93. The van der Waals surface area contributed by atoms with E-state index in [1.54, 1.807) is 25.1 Å². The molecule has 0 aromatic heterocycles. The lowest BCUT2D eigenvalue weighted by atomic mass is 10.2. The van der Waals surface area contributed by atoms with Crippen molar-refractivity contribution in [2.45, 2.75) is 6.92 Å². The van der Waals surface area contributed by atoms with Crippen molar-refractivity contribution in [3.8, 4) is 5.75 Å². The molecule has 0 aliphatic carbocycles. The maximum Gasteiger partial charge on any atom is 0.325 e. The molecular weight excluding hydrogens is 314 g/mol. The smallest absolute Gasteiger partial charge is 0.325 e. The van der Waals surface area contributed by atoms with Crippen LogP contribution in [0.15, 0.2) is 22.7 Å². The summed E-state index contributed by atoms with van der Waals surface area (Å²) in [6, 6.07) is 5.11. The fraction of sp³-hybridized carbons (Fsp3) is 0.385. The molecule has 0 heterocycles. The van der Waals surface area contributed by atoms with Crippen LogP contribution in [0.4, 0.5) is 0 Å². The molecule has 104 valence electrons. The molecule has 0 N–H and O–H groups in total. The van der Waals surface area contributed by atoms with Crippen LogP contribution in [0, 0.1) is 0 Å². The number of likely N-dealkylation sites (N-methyl/N-ethyl adjacent to an activating group) is 1. The molecule has 0 bridgehead atoms. The largest absolute Gasteiger partial charge is 0.497 e. The number of hydrogen-bond acceptors (Lipinski definition) is 4. The van der Waals surface area contributed by atoms with Crippen LogP contribution in [0.1, 0.15) is 17.3 Å². The maximum atomic E-state index is 12.3. The number of rotatable bonds is 5. The molecule has 19 heavy (non-hydrogen) atoms. The minimum Gasteiger partial charge on any atom is -0.497 e. The molecule has 0 fully saturated rings. The number of ether oxygens (including phenoxy) is 2. The molecule has 0 aliphatic heterocycles. The van der Waals surface area contributed by atoms with Gasteiger partial charge in [0.05, 0.1) is 19.8 Å². The molecule has 0 saturated carbocycles. The van der Waals surface area contributed by atoms with E-state index in [1.807, 2.05) is 0 Å². The zero-order valence-electron chi connectivity index (χ0n) is 11.1. The Labute approximate surface area is 120 Å². The average molecular weight is 330 g/mol. The first kappa shape index (κ1) is 15.5. The van der Waals surface area contributed by atoms with Crippen molar-refractivity contribution >= 4 is 27.8 Å². The van der Waals surface area contributed by atoms with Gasteiger partial charge in [-0.15, -0.1) is 0 Å². The van der Waals surface area contributed by atoms with Crippen LogP contribution in [0.5, 0.6) is 5.75 Å². The van der Waals surface area contributed by atoms with Crippen molar-refractivity contribution in [3.05, 3.63) is 28.2 Å². The van der Waals surface area contributed by atoms with Crippen molar-refractivity contribution in [1.29, 1.82) is 0 Å². The van der Waals surface area contributed by atoms with Crippen molar-refractivity contribution < 1.29 is 19.1 Å². The second kappa shape index (κ2) is 7.13. The number of methoxy groups -OCH3 is 2. The van der Waals surface area contributed by atoms with Crippen molar-refractivity contribution in [1.82, 2.24) is 4.90 Å². The van der Waals surface area contributed by atoms with Gasteiger partial charge in [-0.25, -0.2) is 0 Å². The molecular formula is C13H16BrNO4. The lowest BCUT2D eigenvalue weighted by Crippen LogP contribution is -2.36. The van der Waals surface area contributed by atoms with E-state index in [2.05, 4.69) is 20.7 Å². The van der Waals surface area contributed by atoms with Gasteiger partial charge in [0.15, 0.2) is 0 Å². The normalized spacial score (nSPS) is 9.89. The predicted octanol–water partition coefficient (Wildman–Crippen LogP) is 2.09. The lowest BCUT2D eigenvalue weighted by Gasteiger charge is -2.20. The van der Waals surface area contributed by atoms with E-state index in [9.17, 15) is 9.59 Å². The Morgan fingerprint density at radius 1 is 1.32 bits per heavy atom. The summed E-state index contributed by atoms with van der Waals surface area (Å²) in [6.45, 7) is 2.14. The summed E-state index contributed by atoms with van der Waals surface area (Å²) in [5.41, 5.74) is 0.449. The minimum absolute atomic E-state index is 0.0739. The summed E-state index contributed by atoms with van der Waals surface area (Å²) in [6.07, 6.45) is 0. The van der Waals surface area contributed by atoms with E-state index in [4.69, 9.17) is 4.74 Å². The Morgan fingerprint density at radius 3 is 2.53 bits per heavy atom. The molecule has 1 rings (SSSR count). The monoisotopic (exact) mass is 329 g/mol. The Kier molecular flexibility index (Phi) is 5.82.